The number of carbonyl (C=O) groups is 1. The highest BCUT2D eigenvalue weighted by Gasteiger charge is 2.23. The Morgan fingerprint density at radius 3 is 2.67 bits per heavy atom. The first-order valence-corrected chi connectivity index (χ1v) is 6.85. The molecule has 98 valence electrons. The van der Waals surface area contributed by atoms with E-state index in [1.165, 1.54) is 5.56 Å². The summed E-state index contributed by atoms with van der Waals surface area (Å²) in [6, 6.07) is 7.97. The molecule has 1 aliphatic heterocycles. The Hall–Kier alpha value is -1.35. The molecule has 0 radical (unpaired) electrons. The van der Waals surface area contributed by atoms with Gasteiger partial charge in [0.05, 0.1) is 0 Å². The van der Waals surface area contributed by atoms with E-state index < -0.39 is 0 Å². The minimum absolute atomic E-state index is 0.198. The second-order valence-corrected chi connectivity index (χ2v) is 4.73. The van der Waals surface area contributed by atoms with E-state index in [4.69, 9.17) is 0 Å². The van der Waals surface area contributed by atoms with Crippen LogP contribution in [0.5, 0.6) is 0 Å². The van der Waals surface area contributed by atoms with Crippen LogP contribution in [0.4, 0.5) is 0 Å². The molecule has 0 saturated heterocycles. The first kappa shape index (κ1) is 13.1. The van der Waals surface area contributed by atoms with E-state index in [1.807, 2.05) is 23.1 Å². The van der Waals surface area contributed by atoms with Crippen LogP contribution in [0.15, 0.2) is 24.3 Å². The number of hydrogen-bond donors (Lipinski definition) is 0. The molecule has 18 heavy (non-hydrogen) atoms. The van der Waals surface area contributed by atoms with Gasteiger partial charge >= 0.3 is 0 Å². The predicted molar refractivity (Wildman–Crippen MR) is 73.8 cm³/mol. The molecule has 1 aromatic rings. The Bertz CT molecular complexity index is 413. The molecule has 1 aromatic carbocycles. The van der Waals surface area contributed by atoms with Crippen LogP contribution in [0.3, 0.4) is 0 Å². The van der Waals surface area contributed by atoms with E-state index in [9.17, 15) is 4.79 Å². The fourth-order valence-corrected chi connectivity index (χ4v) is 2.49. The minimum atomic E-state index is 0.198. The Morgan fingerprint density at radius 1 is 1.22 bits per heavy atom. The molecular weight excluding hydrogens is 224 g/mol. The normalized spacial score (nSPS) is 15.1. The molecule has 2 rings (SSSR count). The van der Waals surface area contributed by atoms with Crippen molar-refractivity contribution < 1.29 is 4.79 Å². The maximum atomic E-state index is 12.3. The Balaban J connectivity index is 1.99. The molecule has 0 unspecified atom stereocenters. The third kappa shape index (κ3) is 2.72. The topological polar surface area (TPSA) is 23.6 Å². The summed E-state index contributed by atoms with van der Waals surface area (Å²) in [4.78, 5) is 16.7. The zero-order chi connectivity index (χ0) is 13.0. The van der Waals surface area contributed by atoms with E-state index in [-0.39, 0.29) is 5.91 Å². The van der Waals surface area contributed by atoms with Gasteiger partial charge in [0.2, 0.25) is 0 Å². The number of benzene rings is 1. The van der Waals surface area contributed by atoms with Gasteiger partial charge in [0.15, 0.2) is 0 Å². The Kier molecular flexibility index (Phi) is 4.37. The van der Waals surface area contributed by atoms with Crippen molar-refractivity contribution in [3.8, 4) is 0 Å². The summed E-state index contributed by atoms with van der Waals surface area (Å²) in [7, 11) is 0. The van der Waals surface area contributed by atoms with Crippen LogP contribution < -0.4 is 0 Å². The molecule has 3 nitrogen and oxygen atoms in total. The molecule has 1 aliphatic rings. The van der Waals surface area contributed by atoms with Gasteiger partial charge in [0.1, 0.15) is 0 Å². The van der Waals surface area contributed by atoms with Gasteiger partial charge < -0.3 is 9.80 Å². The fraction of sp³-hybridized carbons (Fsp3) is 0.533. The van der Waals surface area contributed by atoms with Crippen molar-refractivity contribution in [1.29, 1.82) is 0 Å². The molecule has 1 amide bonds. The lowest BCUT2D eigenvalue weighted by molar-refractivity contribution is 0.0721. The maximum Gasteiger partial charge on any atom is 0.254 e. The Morgan fingerprint density at radius 2 is 1.94 bits per heavy atom. The summed E-state index contributed by atoms with van der Waals surface area (Å²) in [5.41, 5.74) is 2.09. The van der Waals surface area contributed by atoms with Gasteiger partial charge in [0, 0.05) is 25.2 Å². The van der Waals surface area contributed by atoms with E-state index in [0.717, 1.165) is 44.7 Å². The van der Waals surface area contributed by atoms with Gasteiger partial charge in [-0.05, 0) is 31.1 Å². The molecule has 0 fully saturated rings. The molecule has 0 bridgehead atoms. The molecule has 1 heterocycles. The van der Waals surface area contributed by atoms with Crippen molar-refractivity contribution >= 4 is 5.91 Å². The number of likely N-dealkylation sites (N-methyl/N-ethyl adjacent to an activating group) is 1. The highest BCUT2D eigenvalue weighted by molar-refractivity contribution is 5.96. The monoisotopic (exact) mass is 246 g/mol. The molecule has 0 aliphatic carbocycles. The molecule has 3 heteroatoms. The van der Waals surface area contributed by atoms with Crippen LogP contribution in [-0.4, -0.2) is 48.4 Å². The first-order chi connectivity index (χ1) is 8.76. The molecular formula is C15H22N2O. The number of nitrogens with zero attached hydrogens (tertiary/aromatic N) is 2. The highest BCUT2D eigenvalue weighted by atomic mass is 16.2. The van der Waals surface area contributed by atoms with E-state index in [2.05, 4.69) is 24.8 Å². The van der Waals surface area contributed by atoms with Gasteiger partial charge in [-0.2, -0.15) is 0 Å². The van der Waals surface area contributed by atoms with Crippen molar-refractivity contribution in [1.82, 2.24) is 9.80 Å². The lowest BCUT2D eigenvalue weighted by Gasteiger charge is -2.30. The zero-order valence-corrected chi connectivity index (χ0v) is 11.4. The second kappa shape index (κ2) is 6.01. The van der Waals surface area contributed by atoms with Gasteiger partial charge in [-0.1, -0.05) is 32.0 Å². The first-order valence-electron chi connectivity index (χ1n) is 6.85. The summed E-state index contributed by atoms with van der Waals surface area (Å²) >= 11 is 0. The third-order valence-corrected chi connectivity index (χ3v) is 3.77. The quantitative estimate of drug-likeness (QED) is 0.793. The maximum absolute atomic E-state index is 12.3. The van der Waals surface area contributed by atoms with Gasteiger partial charge in [-0.25, -0.2) is 0 Å². The number of fused-ring (bicyclic) bond motifs is 1. The smallest absolute Gasteiger partial charge is 0.254 e. The SMILES string of the molecule is CCN(CC)CCN1CCc2ccccc2C1=O. The number of carbonyl (C=O) groups excluding carboxylic acids is 1. The lowest BCUT2D eigenvalue weighted by atomic mass is 9.99. The molecule has 0 atom stereocenters. The highest BCUT2D eigenvalue weighted by Crippen LogP contribution is 2.18. The summed E-state index contributed by atoms with van der Waals surface area (Å²) in [6.45, 7) is 9.10. The van der Waals surface area contributed by atoms with Crippen LogP contribution >= 0.6 is 0 Å². The Labute approximate surface area is 109 Å². The molecule has 0 aromatic heterocycles. The zero-order valence-electron chi connectivity index (χ0n) is 11.4. The van der Waals surface area contributed by atoms with Crippen molar-refractivity contribution in [2.75, 3.05) is 32.7 Å². The number of hydrogen-bond acceptors (Lipinski definition) is 2. The molecule has 0 spiro atoms. The number of amides is 1. The van der Waals surface area contributed by atoms with Crippen molar-refractivity contribution in [2.45, 2.75) is 20.3 Å². The molecule has 0 N–H and O–H groups in total. The van der Waals surface area contributed by atoms with Gasteiger partial charge in [0.25, 0.3) is 5.91 Å². The number of rotatable bonds is 5. The standard InChI is InChI=1S/C15H22N2O/c1-3-16(4-2)11-12-17-10-9-13-7-5-6-8-14(13)15(17)18/h5-8H,3-4,9-12H2,1-2H3. The van der Waals surface area contributed by atoms with Crippen LogP contribution in [0.2, 0.25) is 0 Å². The lowest BCUT2D eigenvalue weighted by Crippen LogP contribution is -2.42. The average molecular weight is 246 g/mol. The summed E-state index contributed by atoms with van der Waals surface area (Å²) in [5, 5.41) is 0. The van der Waals surface area contributed by atoms with Crippen molar-refractivity contribution in [2.24, 2.45) is 0 Å². The van der Waals surface area contributed by atoms with Gasteiger partial charge in [-0.15, -0.1) is 0 Å². The van der Waals surface area contributed by atoms with E-state index >= 15 is 0 Å². The van der Waals surface area contributed by atoms with Crippen LogP contribution in [0.25, 0.3) is 0 Å². The van der Waals surface area contributed by atoms with E-state index in [0.29, 0.717) is 0 Å². The van der Waals surface area contributed by atoms with Crippen LogP contribution in [0.1, 0.15) is 29.8 Å². The van der Waals surface area contributed by atoms with Crippen molar-refractivity contribution in [3.05, 3.63) is 35.4 Å². The van der Waals surface area contributed by atoms with Gasteiger partial charge in [-0.3, -0.25) is 4.79 Å². The largest absolute Gasteiger partial charge is 0.337 e. The third-order valence-electron chi connectivity index (χ3n) is 3.77. The summed E-state index contributed by atoms with van der Waals surface area (Å²) < 4.78 is 0. The van der Waals surface area contributed by atoms with Crippen molar-refractivity contribution in [3.63, 3.8) is 0 Å². The van der Waals surface area contributed by atoms with Crippen LogP contribution in [0, 0.1) is 0 Å². The fourth-order valence-electron chi connectivity index (χ4n) is 2.49. The average Bonchev–Trinajstić information content (AvgIpc) is 2.42. The predicted octanol–water partition coefficient (Wildman–Crippen LogP) is 2.03. The minimum Gasteiger partial charge on any atom is -0.337 e. The van der Waals surface area contributed by atoms with E-state index in [1.54, 1.807) is 0 Å². The van der Waals surface area contributed by atoms with Crippen LogP contribution in [-0.2, 0) is 6.42 Å². The summed E-state index contributed by atoms with van der Waals surface area (Å²) in [6.07, 6.45) is 0.986. The summed E-state index contributed by atoms with van der Waals surface area (Å²) in [5.74, 6) is 0.198. The molecule has 0 saturated carbocycles. The second-order valence-electron chi connectivity index (χ2n) is 4.73.